The number of hydrogen-bond acceptors (Lipinski definition) is 4. The second kappa shape index (κ2) is 7.85. The van der Waals surface area contributed by atoms with Crippen LogP contribution in [0.2, 0.25) is 0 Å². The molecule has 0 saturated carbocycles. The number of nitrogens with zero attached hydrogens (tertiary/aromatic N) is 3. The lowest BCUT2D eigenvalue weighted by atomic mass is 10.1. The van der Waals surface area contributed by atoms with E-state index in [-0.39, 0.29) is 12.0 Å². The van der Waals surface area contributed by atoms with E-state index < -0.39 is 11.7 Å². The van der Waals surface area contributed by atoms with Crippen molar-refractivity contribution in [2.45, 2.75) is 59.1 Å². The highest BCUT2D eigenvalue weighted by Crippen LogP contribution is 2.31. The Kier molecular flexibility index (Phi) is 6.03. The van der Waals surface area contributed by atoms with Gasteiger partial charge in [0.15, 0.2) is 0 Å². The fraction of sp³-hybridized carbons (Fsp3) is 0.632. The van der Waals surface area contributed by atoms with Crippen molar-refractivity contribution in [1.82, 2.24) is 9.88 Å². The van der Waals surface area contributed by atoms with Crippen molar-refractivity contribution in [3.8, 4) is 0 Å². The Morgan fingerprint density at radius 2 is 2.16 bits per heavy atom. The Morgan fingerprint density at radius 3 is 2.68 bits per heavy atom. The van der Waals surface area contributed by atoms with Crippen molar-refractivity contribution in [1.29, 1.82) is 0 Å². The van der Waals surface area contributed by atoms with Crippen LogP contribution in [0.1, 0.15) is 59.1 Å². The third-order valence-corrected chi connectivity index (χ3v) is 4.02. The quantitative estimate of drug-likeness (QED) is 0.761. The Morgan fingerprint density at radius 1 is 1.44 bits per heavy atom. The summed E-state index contributed by atoms with van der Waals surface area (Å²) >= 11 is 0. The Labute approximate surface area is 150 Å². The molecule has 1 aromatic heterocycles. The summed E-state index contributed by atoms with van der Waals surface area (Å²) in [4.78, 5) is 31.5. The van der Waals surface area contributed by atoms with Crippen molar-refractivity contribution in [2.75, 3.05) is 18.0 Å². The topological polar surface area (TPSA) is 62.7 Å². The highest BCUT2D eigenvalue weighted by Gasteiger charge is 2.27. The van der Waals surface area contributed by atoms with Crippen LogP contribution in [0, 0.1) is 5.92 Å². The minimum Gasteiger partial charge on any atom is -0.443 e. The predicted octanol–water partition coefficient (Wildman–Crippen LogP) is 3.77. The molecular formula is C19H29N3O3. The van der Waals surface area contributed by atoms with E-state index in [4.69, 9.17) is 4.74 Å². The molecule has 1 saturated heterocycles. The van der Waals surface area contributed by atoms with Crippen molar-refractivity contribution < 1.29 is 14.3 Å². The number of aromatic nitrogens is 1. The average Bonchev–Trinajstić information content (AvgIpc) is 2.99. The Balaban J connectivity index is 2.20. The molecule has 6 heteroatoms. The van der Waals surface area contributed by atoms with E-state index in [0.29, 0.717) is 12.4 Å². The van der Waals surface area contributed by atoms with Gasteiger partial charge in [0.05, 0.1) is 6.04 Å². The molecule has 2 heterocycles. The van der Waals surface area contributed by atoms with Crippen LogP contribution in [0.15, 0.2) is 18.3 Å². The third kappa shape index (κ3) is 5.18. The van der Waals surface area contributed by atoms with Gasteiger partial charge in [0.1, 0.15) is 11.4 Å². The van der Waals surface area contributed by atoms with Gasteiger partial charge in [-0.25, -0.2) is 9.78 Å². The molecule has 2 rings (SSSR count). The van der Waals surface area contributed by atoms with Crippen molar-refractivity contribution in [3.05, 3.63) is 23.9 Å². The summed E-state index contributed by atoms with van der Waals surface area (Å²) in [6.45, 7) is 11.0. The zero-order valence-corrected chi connectivity index (χ0v) is 15.9. The summed E-state index contributed by atoms with van der Waals surface area (Å²) in [6, 6.07) is 3.87. The van der Waals surface area contributed by atoms with Crippen LogP contribution < -0.4 is 4.90 Å². The number of carbonyl (C=O) groups is 2. The smallest absolute Gasteiger partial charge is 0.416 e. The summed E-state index contributed by atoms with van der Waals surface area (Å²) in [7, 11) is 0. The number of likely N-dealkylation sites (tertiary alicyclic amines) is 1. The van der Waals surface area contributed by atoms with E-state index in [2.05, 4.69) is 4.98 Å². The lowest BCUT2D eigenvalue weighted by Gasteiger charge is -2.28. The second-order valence-electron chi connectivity index (χ2n) is 7.94. The SMILES string of the molecule is CC(C)CN(C(=O)OC(C)(C)C)c1ccc([C@@H]2CCCN2C=O)cn1. The van der Waals surface area contributed by atoms with Crippen LogP contribution in [0.25, 0.3) is 0 Å². The van der Waals surface area contributed by atoms with Gasteiger partial charge >= 0.3 is 6.09 Å². The number of pyridine rings is 1. The molecule has 138 valence electrons. The van der Waals surface area contributed by atoms with Crippen molar-refractivity contribution in [3.63, 3.8) is 0 Å². The first kappa shape index (κ1) is 19.2. The number of rotatable bonds is 5. The summed E-state index contributed by atoms with van der Waals surface area (Å²) in [5.41, 5.74) is 0.447. The highest BCUT2D eigenvalue weighted by molar-refractivity contribution is 5.86. The fourth-order valence-corrected chi connectivity index (χ4v) is 2.97. The lowest BCUT2D eigenvalue weighted by Crippen LogP contribution is -2.39. The van der Waals surface area contributed by atoms with Gasteiger partial charge in [-0.2, -0.15) is 0 Å². The van der Waals surface area contributed by atoms with Crippen LogP contribution in [0.5, 0.6) is 0 Å². The first-order chi connectivity index (χ1) is 11.7. The van der Waals surface area contributed by atoms with Gasteiger partial charge in [-0.15, -0.1) is 0 Å². The monoisotopic (exact) mass is 347 g/mol. The number of hydrogen-bond donors (Lipinski definition) is 0. The number of carbonyl (C=O) groups excluding carboxylic acids is 2. The van der Waals surface area contributed by atoms with Gasteiger partial charge < -0.3 is 9.64 Å². The average molecular weight is 347 g/mol. The van der Waals surface area contributed by atoms with E-state index in [1.165, 1.54) is 0 Å². The molecule has 0 radical (unpaired) electrons. The Bertz CT molecular complexity index is 593. The standard InChI is InChI=1S/C19H29N3O3/c1-14(2)12-22(18(24)25-19(3,4)5)17-9-8-15(11-20-17)16-7-6-10-21(16)13-23/h8-9,11,13-14,16H,6-7,10,12H2,1-5H3/t16-/m0/s1. The molecule has 0 bridgehead atoms. The highest BCUT2D eigenvalue weighted by atomic mass is 16.6. The molecule has 1 aliphatic heterocycles. The first-order valence-electron chi connectivity index (χ1n) is 8.89. The van der Waals surface area contributed by atoms with Gasteiger partial charge in [-0.1, -0.05) is 19.9 Å². The molecule has 1 fully saturated rings. The molecular weight excluding hydrogens is 318 g/mol. The maximum Gasteiger partial charge on any atom is 0.416 e. The second-order valence-corrected chi connectivity index (χ2v) is 7.94. The fourth-order valence-electron chi connectivity index (χ4n) is 2.97. The minimum absolute atomic E-state index is 0.0825. The first-order valence-corrected chi connectivity index (χ1v) is 8.89. The molecule has 0 unspecified atom stereocenters. The van der Waals surface area contributed by atoms with E-state index in [9.17, 15) is 9.59 Å². The zero-order chi connectivity index (χ0) is 18.6. The lowest BCUT2D eigenvalue weighted by molar-refractivity contribution is -0.118. The van der Waals surface area contributed by atoms with Gasteiger partial charge in [-0.3, -0.25) is 9.69 Å². The van der Waals surface area contributed by atoms with Gasteiger partial charge in [-0.05, 0) is 51.2 Å². The zero-order valence-electron chi connectivity index (χ0n) is 15.9. The number of ether oxygens (including phenoxy) is 1. The Hall–Kier alpha value is -2.11. The third-order valence-electron chi connectivity index (χ3n) is 4.02. The molecule has 1 atom stereocenters. The van der Waals surface area contributed by atoms with Crippen LogP contribution >= 0.6 is 0 Å². The number of anilines is 1. The molecule has 2 amide bonds. The summed E-state index contributed by atoms with van der Waals surface area (Å²) in [5.74, 6) is 0.858. The van der Waals surface area contributed by atoms with E-state index in [1.807, 2.05) is 46.8 Å². The number of amides is 2. The molecule has 25 heavy (non-hydrogen) atoms. The minimum atomic E-state index is -0.555. The molecule has 0 spiro atoms. The maximum atomic E-state index is 12.5. The van der Waals surface area contributed by atoms with Crippen molar-refractivity contribution >= 4 is 18.3 Å². The molecule has 0 aliphatic carbocycles. The molecule has 1 aliphatic rings. The largest absolute Gasteiger partial charge is 0.443 e. The summed E-state index contributed by atoms with van der Waals surface area (Å²) in [5, 5.41) is 0. The van der Waals surface area contributed by atoms with E-state index >= 15 is 0 Å². The molecule has 6 nitrogen and oxygen atoms in total. The van der Waals surface area contributed by atoms with Gasteiger partial charge in [0.2, 0.25) is 6.41 Å². The van der Waals surface area contributed by atoms with Crippen LogP contribution in [0.4, 0.5) is 10.6 Å². The predicted molar refractivity (Wildman–Crippen MR) is 97.4 cm³/mol. The van der Waals surface area contributed by atoms with Crippen LogP contribution in [0.3, 0.4) is 0 Å². The van der Waals surface area contributed by atoms with Crippen molar-refractivity contribution in [2.24, 2.45) is 5.92 Å². The summed E-state index contributed by atoms with van der Waals surface area (Å²) in [6.07, 6.45) is 4.22. The van der Waals surface area contributed by atoms with Crippen LogP contribution in [-0.4, -0.2) is 41.1 Å². The van der Waals surface area contributed by atoms with E-state index in [0.717, 1.165) is 31.4 Å². The molecule has 1 aromatic rings. The van der Waals surface area contributed by atoms with Gasteiger partial charge in [0, 0.05) is 19.3 Å². The molecule has 0 N–H and O–H groups in total. The maximum absolute atomic E-state index is 12.5. The molecule has 0 aromatic carbocycles. The van der Waals surface area contributed by atoms with Gasteiger partial charge in [0.25, 0.3) is 0 Å². The van der Waals surface area contributed by atoms with Crippen LogP contribution in [-0.2, 0) is 9.53 Å². The summed E-state index contributed by atoms with van der Waals surface area (Å²) < 4.78 is 5.51. The van der Waals surface area contributed by atoms with E-state index in [1.54, 1.807) is 16.0 Å². The normalized spacial score (nSPS) is 17.7.